The molecule has 1 unspecified atom stereocenters. The second-order valence-corrected chi connectivity index (χ2v) is 6.55. The summed E-state index contributed by atoms with van der Waals surface area (Å²) in [6, 6.07) is 5.30. The lowest BCUT2D eigenvalue weighted by atomic mass is 9.85. The Bertz CT molecular complexity index is 787. The quantitative estimate of drug-likeness (QED) is 0.828. The van der Waals surface area contributed by atoms with Crippen LogP contribution >= 0.6 is 0 Å². The van der Waals surface area contributed by atoms with Crippen molar-refractivity contribution in [1.82, 2.24) is 19.7 Å². The second-order valence-electron chi connectivity index (χ2n) is 6.55. The molecular formula is C17H19N5O2. The van der Waals surface area contributed by atoms with Crippen molar-refractivity contribution in [3.05, 3.63) is 42.5 Å². The number of hydrogen-bond acceptors (Lipinski definition) is 4. The average Bonchev–Trinajstić information content (AvgIpc) is 3.30. The van der Waals surface area contributed by atoms with E-state index in [1.54, 1.807) is 45.1 Å². The summed E-state index contributed by atoms with van der Waals surface area (Å²) in [5.41, 5.74) is 0.804. The van der Waals surface area contributed by atoms with Crippen molar-refractivity contribution in [1.29, 1.82) is 0 Å². The number of carbonyl (C=O) groups excluding carboxylic acids is 2. The minimum absolute atomic E-state index is 0.0971. The van der Waals surface area contributed by atoms with Gasteiger partial charge in [-0.3, -0.25) is 19.3 Å². The van der Waals surface area contributed by atoms with Crippen molar-refractivity contribution in [2.75, 3.05) is 24.5 Å². The molecular weight excluding hydrogens is 306 g/mol. The number of carbonyl (C=O) groups is 2. The van der Waals surface area contributed by atoms with Crippen molar-refractivity contribution in [2.24, 2.45) is 12.5 Å². The second kappa shape index (κ2) is 5.43. The van der Waals surface area contributed by atoms with Crippen molar-refractivity contribution < 1.29 is 9.59 Å². The Morgan fingerprint density at radius 3 is 2.79 bits per heavy atom. The predicted molar refractivity (Wildman–Crippen MR) is 87.4 cm³/mol. The highest BCUT2D eigenvalue weighted by atomic mass is 16.2. The van der Waals surface area contributed by atoms with Gasteiger partial charge >= 0.3 is 0 Å². The van der Waals surface area contributed by atoms with Crippen LogP contribution in [-0.2, 0) is 11.8 Å². The molecule has 2 amide bonds. The fourth-order valence-electron chi connectivity index (χ4n) is 3.69. The maximum Gasteiger partial charge on any atom is 0.272 e. The molecule has 2 aromatic heterocycles. The normalized spacial score (nSPS) is 23.5. The van der Waals surface area contributed by atoms with Crippen LogP contribution in [0.4, 0.5) is 5.69 Å². The maximum atomic E-state index is 13.0. The first-order valence-corrected chi connectivity index (χ1v) is 8.10. The molecule has 7 heteroatoms. The van der Waals surface area contributed by atoms with E-state index in [9.17, 15) is 9.59 Å². The van der Waals surface area contributed by atoms with Crippen LogP contribution in [0.1, 0.15) is 23.3 Å². The van der Waals surface area contributed by atoms with E-state index in [2.05, 4.69) is 10.1 Å². The first-order chi connectivity index (χ1) is 11.6. The van der Waals surface area contributed by atoms with Gasteiger partial charge in [0.1, 0.15) is 5.69 Å². The Balaban J connectivity index is 1.52. The van der Waals surface area contributed by atoms with Gasteiger partial charge in [0.05, 0.1) is 17.3 Å². The topological polar surface area (TPSA) is 71.3 Å². The van der Waals surface area contributed by atoms with E-state index >= 15 is 0 Å². The number of pyridine rings is 1. The van der Waals surface area contributed by atoms with E-state index in [0.717, 1.165) is 12.1 Å². The number of aryl methyl sites for hydroxylation is 1. The summed E-state index contributed by atoms with van der Waals surface area (Å²) in [5.74, 6) is 0.00641. The monoisotopic (exact) mass is 325 g/mol. The largest absolute Gasteiger partial charge is 0.336 e. The van der Waals surface area contributed by atoms with Crippen molar-refractivity contribution in [2.45, 2.75) is 12.8 Å². The van der Waals surface area contributed by atoms with Gasteiger partial charge in [-0.2, -0.15) is 5.10 Å². The number of likely N-dealkylation sites (tertiary alicyclic amines) is 1. The molecule has 0 bridgehead atoms. The Labute approximate surface area is 139 Å². The number of anilines is 1. The third-order valence-corrected chi connectivity index (χ3v) is 5.04. The number of hydrogen-bond donors (Lipinski definition) is 0. The average molecular weight is 325 g/mol. The smallest absolute Gasteiger partial charge is 0.272 e. The van der Waals surface area contributed by atoms with E-state index in [1.807, 2.05) is 13.2 Å². The van der Waals surface area contributed by atoms with Crippen LogP contribution in [0.3, 0.4) is 0 Å². The number of nitrogens with zero attached hydrogens (tertiary/aromatic N) is 5. The van der Waals surface area contributed by atoms with E-state index in [0.29, 0.717) is 31.7 Å². The maximum absolute atomic E-state index is 13.0. The lowest BCUT2D eigenvalue weighted by Gasteiger charge is -2.23. The van der Waals surface area contributed by atoms with Gasteiger partial charge in [-0.15, -0.1) is 0 Å². The SMILES string of the molecule is Cn1cc(N2CCC3(CCN(C(=O)c4ccccn4)C3)C2=O)cn1. The number of amides is 2. The molecule has 24 heavy (non-hydrogen) atoms. The molecule has 2 aliphatic heterocycles. The molecule has 2 aromatic rings. The zero-order valence-electron chi connectivity index (χ0n) is 13.6. The van der Waals surface area contributed by atoms with Crippen LogP contribution < -0.4 is 4.90 Å². The molecule has 0 aromatic carbocycles. The highest BCUT2D eigenvalue weighted by Crippen LogP contribution is 2.42. The summed E-state index contributed by atoms with van der Waals surface area (Å²) in [7, 11) is 1.84. The Morgan fingerprint density at radius 2 is 2.08 bits per heavy atom. The van der Waals surface area contributed by atoms with Crippen molar-refractivity contribution in [3.63, 3.8) is 0 Å². The van der Waals surface area contributed by atoms with Crippen LogP contribution in [0.2, 0.25) is 0 Å². The van der Waals surface area contributed by atoms with Gasteiger partial charge in [-0.1, -0.05) is 6.07 Å². The van der Waals surface area contributed by atoms with E-state index in [4.69, 9.17) is 0 Å². The lowest BCUT2D eigenvalue weighted by molar-refractivity contribution is -0.124. The zero-order chi connectivity index (χ0) is 16.7. The van der Waals surface area contributed by atoms with Gasteiger partial charge in [0, 0.05) is 39.1 Å². The third kappa shape index (κ3) is 2.28. The molecule has 0 saturated carbocycles. The first-order valence-electron chi connectivity index (χ1n) is 8.10. The summed E-state index contributed by atoms with van der Waals surface area (Å²) in [6.45, 7) is 1.75. The molecule has 0 N–H and O–H groups in total. The van der Waals surface area contributed by atoms with Gasteiger partial charge in [-0.05, 0) is 25.0 Å². The molecule has 0 radical (unpaired) electrons. The molecule has 1 atom stereocenters. The number of aromatic nitrogens is 3. The summed E-state index contributed by atoms with van der Waals surface area (Å²) in [6.07, 6.45) is 6.66. The molecule has 4 heterocycles. The molecule has 7 nitrogen and oxygen atoms in total. The molecule has 1 spiro atoms. The van der Waals surface area contributed by atoms with Crippen LogP contribution in [0.5, 0.6) is 0 Å². The summed E-state index contributed by atoms with van der Waals surface area (Å²) < 4.78 is 1.69. The first kappa shape index (κ1) is 14.9. The Kier molecular flexibility index (Phi) is 3.37. The van der Waals surface area contributed by atoms with Crippen molar-refractivity contribution in [3.8, 4) is 0 Å². The van der Waals surface area contributed by atoms with Gasteiger partial charge in [-0.25, -0.2) is 0 Å². The highest BCUT2D eigenvalue weighted by molar-refractivity contribution is 6.01. The van der Waals surface area contributed by atoms with E-state index in [-0.39, 0.29) is 11.8 Å². The minimum Gasteiger partial charge on any atom is -0.336 e. The Hall–Kier alpha value is -2.70. The predicted octanol–water partition coefficient (Wildman–Crippen LogP) is 1.08. The lowest BCUT2D eigenvalue weighted by Crippen LogP contribution is -2.38. The van der Waals surface area contributed by atoms with Crippen LogP contribution in [-0.4, -0.2) is 51.1 Å². The van der Waals surface area contributed by atoms with Gasteiger partial charge < -0.3 is 9.80 Å². The fourth-order valence-corrected chi connectivity index (χ4v) is 3.69. The van der Waals surface area contributed by atoms with Gasteiger partial charge in [0.25, 0.3) is 5.91 Å². The summed E-state index contributed by atoms with van der Waals surface area (Å²) in [4.78, 5) is 33.2. The van der Waals surface area contributed by atoms with Gasteiger partial charge in [0.15, 0.2) is 0 Å². The van der Waals surface area contributed by atoms with Gasteiger partial charge in [0.2, 0.25) is 5.91 Å². The summed E-state index contributed by atoms with van der Waals surface area (Å²) >= 11 is 0. The van der Waals surface area contributed by atoms with Crippen LogP contribution in [0.15, 0.2) is 36.8 Å². The fraction of sp³-hybridized carbons (Fsp3) is 0.412. The molecule has 2 aliphatic rings. The van der Waals surface area contributed by atoms with Crippen LogP contribution in [0.25, 0.3) is 0 Å². The van der Waals surface area contributed by atoms with E-state index < -0.39 is 5.41 Å². The van der Waals surface area contributed by atoms with E-state index in [1.165, 1.54) is 0 Å². The molecule has 2 saturated heterocycles. The minimum atomic E-state index is -0.458. The molecule has 4 rings (SSSR count). The van der Waals surface area contributed by atoms with Crippen molar-refractivity contribution >= 4 is 17.5 Å². The number of rotatable bonds is 2. The highest BCUT2D eigenvalue weighted by Gasteiger charge is 2.52. The molecule has 0 aliphatic carbocycles. The third-order valence-electron chi connectivity index (χ3n) is 5.04. The molecule has 2 fully saturated rings. The van der Waals surface area contributed by atoms with Crippen LogP contribution in [0, 0.1) is 5.41 Å². The standard InChI is InChI=1S/C17H19N5O2/c1-20-11-13(10-19-20)22-9-6-17(16(22)24)5-8-21(12-17)15(23)14-4-2-3-7-18-14/h2-4,7,10-11H,5-6,8-9,12H2,1H3. The zero-order valence-corrected chi connectivity index (χ0v) is 13.6. The summed E-state index contributed by atoms with van der Waals surface area (Å²) in [5, 5.41) is 4.14. The molecule has 124 valence electrons. The Morgan fingerprint density at radius 1 is 1.25 bits per heavy atom.